The van der Waals surface area contributed by atoms with Crippen molar-refractivity contribution in [2.24, 2.45) is 0 Å². The van der Waals surface area contributed by atoms with E-state index in [2.05, 4.69) is 6.92 Å². The molecule has 0 aliphatic rings. The molecule has 2 rings (SSSR count). The van der Waals surface area contributed by atoms with Crippen molar-refractivity contribution in [2.45, 2.75) is 38.0 Å². The molecule has 1 amide bonds. The van der Waals surface area contributed by atoms with Crippen LogP contribution >= 0.6 is 11.3 Å². The number of amides is 1. The zero-order chi connectivity index (χ0) is 18.4. The van der Waals surface area contributed by atoms with Gasteiger partial charge in [0.1, 0.15) is 0 Å². The van der Waals surface area contributed by atoms with Crippen molar-refractivity contribution in [3.8, 4) is 0 Å². The summed E-state index contributed by atoms with van der Waals surface area (Å²) < 4.78 is 26.4. The van der Waals surface area contributed by atoms with Gasteiger partial charge in [-0.05, 0) is 0 Å². The fourth-order valence-electron chi connectivity index (χ4n) is 2.34. The molecular weight excluding hydrogens is 417 g/mol. The molecule has 0 radical (unpaired) electrons. The summed E-state index contributed by atoms with van der Waals surface area (Å²) >= 11 is 0.0645. The second-order valence-electron chi connectivity index (χ2n) is 5.84. The van der Waals surface area contributed by atoms with E-state index in [0.29, 0.717) is 11.4 Å². The number of carbonyl (C=O) groups excluding carboxylic acids is 1. The van der Waals surface area contributed by atoms with Gasteiger partial charge in [0.15, 0.2) is 0 Å². The van der Waals surface area contributed by atoms with Crippen molar-refractivity contribution in [1.29, 1.82) is 0 Å². The number of carbonyl (C=O) groups is 1. The van der Waals surface area contributed by atoms with E-state index in [0.717, 1.165) is 27.6 Å². The van der Waals surface area contributed by atoms with E-state index in [1.54, 1.807) is 24.1 Å². The van der Waals surface area contributed by atoms with Crippen LogP contribution in [-0.4, -0.2) is 47.4 Å². The number of likely N-dealkylation sites (N-methyl/N-ethyl adjacent to an activating group) is 1. The maximum absolute atomic E-state index is 12.8. The van der Waals surface area contributed by atoms with Crippen LogP contribution in [0.2, 0.25) is 0 Å². The summed E-state index contributed by atoms with van der Waals surface area (Å²) in [5.41, 5.74) is 1.16. The maximum atomic E-state index is 12.8. The number of hydrogen-bond acceptors (Lipinski definition) is 4. The molecule has 0 bridgehead atoms. The van der Waals surface area contributed by atoms with Gasteiger partial charge in [-0.2, -0.15) is 0 Å². The molecule has 0 fully saturated rings. The Bertz CT molecular complexity index is 813. The molecule has 136 valence electrons. The van der Waals surface area contributed by atoms with E-state index >= 15 is 0 Å². The van der Waals surface area contributed by atoms with Crippen LogP contribution in [0.5, 0.6) is 0 Å². The van der Waals surface area contributed by atoms with Crippen LogP contribution in [-0.2, 0) is 25.7 Å². The summed E-state index contributed by atoms with van der Waals surface area (Å²) in [6, 6.07) is 9.09. The van der Waals surface area contributed by atoms with Crippen LogP contribution in [0.25, 0.3) is 0 Å². The third-order valence-corrected chi connectivity index (χ3v) is 12.2. The Kier molecular flexibility index (Phi) is 7.29. The zero-order valence-corrected chi connectivity index (χ0v) is 18.5. The third-order valence-electron chi connectivity index (χ3n) is 3.97. The Morgan fingerprint density at radius 1 is 1.16 bits per heavy atom. The zero-order valence-electron chi connectivity index (χ0n) is 14.8. The molecule has 1 aromatic carbocycles. The van der Waals surface area contributed by atoms with E-state index in [1.165, 1.54) is 11.3 Å². The molecule has 4 nitrogen and oxygen atoms in total. The quantitative estimate of drug-likeness (QED) is 0.590. The second kappa shape index (κ2) is 9.02. The standard InChI is InChI=1S/C18H24AsNO3S2/c1-4-6-14-7-9-15(10-8-14)25(22,23)19-16-11-12-24-17(16)13-18(21)20(3)5-2/h7-12,19H,4-6,13H2,1-3H3. The van der Waals surface area contributed by atoms with Gasteiger partial charge in [-0.1, -0.05) is 0 Å². The molecular formula is C18H24AsNO3S2. The summed E-state index contributed by atoms with van der Waals surface area (Å²) in [7, 11) is -1.53. The summed E-state index contributed by atoms with van der Waals surface area (Å²) in [4.78, 5) is 15.1. The monoisotopic (exact) mass is 441 g/mol. The first-order valence-corrected chi connectivity index (χ1v) is 14.3. The normalized spacial score (nSPS) is 12.0. The molecule has 0 saturated heterocycles. The van der Waals surface area contributed by atoms with Crippen molar-refractivity contribution in [1.82, 2.24) is 4.90 Å². The Hall–Kier alpha value is -1.10. The predicted octanol–water partition coefficient (Wildman–Crippen LogP) is 2.17. The Morgan fingerprint density at radius 3 is 2.44 bits per heavy atom. The van der Waals surface area contributed by atoms with Crippen molar-refractivity contribution in [3.63, 3.8) is 0 Å². The SMILES string of the molecule is CCCc1ccc(S(=O)(=O)[AsH]c2ccsc2CC(=O)N(C)CC)cc1. The first-order chi connectivity index (χ1) is 11.9. The minimum atomic E-state index is -3.29. The molecule has 25 heavy (non-hydrogen) atoms. The fraction of sp³-hybridized carbons (Fsp3) is 0.389. The van der Waals surface area contributed by atoms with Crippen LogP contribution < -0.4 is 4.35 Å². The molecule has 1 atom stereocenters. The van der Waals surface area contributed by atoms with Gasteiger partial charge in [0.05, 0.1) is 0 Å². The van der Waals surface area contributed by atoms with Gasteiger partial charge in [-0.25, -0.2) is 0 Å². The average Bonchev–Trinajstić information content (AvgIpc) is 3.01. The number of benzene rings is 1. The van der Waals surface area contributed by atoms with Gasteiger partial charge in [0.25, 0.3) is 0 Å². The molecule has 1 aromatic heterocycles. The molecule has 0 aliphatic heterocycles. The van der Waals surface area contributed by atoms with E-state index in [-0.39, 0.29) is 12.3 Å². The van der Waals surface area contributed by atoms with Gasteiger partial charge in [0.2, 0.25) is 0 Å². The summed E-state index contributed by atoms with van der Waals surface area (Å²) in [6.45, 7) is 4.68. The van der Waals surface area contributed by atoms with Crippen LogP contribution in [0, 0.1) is 0 Å². The van der Waals surface area contributed by atoms with Crippen LogP contribution in [0.1, 0.15) is 30.7 Å². The third kappa shape index (κ3) is 5.43. The Balaban J connectivity index is 2.16. The molecule has 1 heterocycles. The van der Waals surface area contributed by atoms with Gasteiger partial charge < -0.3 is 0 Å². The summed E-state index contributed by atoms with van der Waals surface area (Å²) in [5, 5.41) is 1.88. The predicted molar refractivity (Wildman–Crippen MR) is 106 cm³/mol. The van der Waals surface area contributed by atoms with E-state index in [1.807, 2.05) is 30.5 Å². The van der Waals surface area contributed by atoms with Crippen LogP contribution in [0.4, 0.5) is 0 Å². The Morgan fingerprint density at radius 2 is 1.84 bits per heavy atom. The topological polar surface area (TPSA) is 54.5 Å². The fourth-order valence-corrected chi connectivity index (χ4v) is 10.4. The average molecular weight is 441 g/mol. The van der Waals surface area contributed by atoms with E-state index in [4.69, 9.17) is 0 Å². The van der Waals surface area contributed by atoms with E-state index < -0.39 is 22.7 Å². The van der Waals surface area contributed by atoms with Crippen molar-refractivity contribution in [3.05, 3.63) is 46.2 Å². The molecule has 1 unspecified atom stereocenters. The molecule has 2 aromatic rings. The van der Waals surface area contributed by atoms with Gasteiger partial charge in [0, 0.05) is 0 Å². The summed E-state index contributed by atoms with van der Waals surface area (Å²) in [6.07, 6.45) is 2.28. The van der Waals surface area contributed by atoms with Crippen molar-refractivity contribution in [2.75, 3.05) is 13.6 Å². The minimum absolute atomic E-state index is 0.0270. The van der Waals surface area contributed by atoms with Gasteiger partial charge in [-0.3, -0.25) is 0 Å². The molecule has 0 N–H and O–H groups in total. The van der Waals surface area contributed by atoms with Crippen molar-refractivity contribution < 1.29 is 13.2 Å². The molecule has 0 spiro atoms. The van der Waals surface area contributed by atoms with Gasteiger partial charge in [-0.15, -0.1) is 0 Å². The van der Waals surface area contributed by atoms with Crippen molar-refractivity contribution >= 4 is 44.3 Å². The second-order valence-corrected chi connectivity index (χ2v) is 14.3. The number of thiophene rings is 1. The van der Waals surface area contributed by atoms with Crippen LogP contribution in [0.15, 0.2) is 40.6 Å². The number of nitrogens with zero attached hydrogens (tertiary/aromatic N) is 1. The summed E-state index contributed by atoms with van der Waals surface area (Å²) in [5.74, 6) is 0.0270. The van der Waals surface area contributed by atoms with E-state index in [9.17, 15) is 13.2 Å². The first-order valence-electron chi connectivity index (χ1n) is 8.29. The molecule has 7 heteroatoms. The number of hydrogen-bond donors (Lipinski definition) is 0. The molecule has 0 aliphatic carbocycles. The first kappa shape index (κ1) is 20.2. The number of aryl methyl sites for hydroxylation is 1. The van der Waals surface area contributed by atoms with Gasteiger partial charge >= 0.3 is 160 Å². The number of rotatable bonds is 8. The van der Waals surface area contributed by atoms with Crippen LogP contribution in [0.3, 0.4) is 0 Å². The Labute approximate surface area is 159 Å². The molecule has 0 saturated carbocycles.